The van der Waals surface area contributed by atoms with Crippen LogP contribution < -0.4 is 0 Å². The van der Waals surface area contributed by atoms with E-state index in [0.29, 0.717) is 0 Å². The van der Waals surface area contributed by atoms with Crippen molar-refractivity contribution in [2.45, 2.75) is 52.6 Å². The van der Waals surface area contributed by atoms with Gasteiger partial charge in [0.2, 0.25) is 0 Å². The third kappa shape index (κ3) is 10.8. The average molecular weight is 462 g/mol. The fraction of sp³-hybridized carbons (Fsp3) is 1.00. The van der Waals surface area contributed by atoms with E-state index in [1.807, 2.05) is 0 Å². The van der Waals surface area contributed by atoms with Gasteiger partial charge in [0.15, 0.2) is 0 Å². The van der Waals surface area contributed by atoms with E-state index in [0.717, 1.165) is 0 Å². The Morgan fingerprint density at radius 3 is 0.793 bits per heavy atom. The van der Waals surface area contributed by atoms with Crippen molar-refractivity contribution in [3.63, 3.8) is 0 Å². The highest BCUT2D eigenvalue weighted by Crippen LogP contribution is 2.67. The van der Waals surface area contributed by atoms with Gasteiger partial charge in [0, 0.05) is 0 Å². The van der Waals surface area contributed by atoms with E-state index in [4.69, 9.17) is 22.4 Å². The number of hydrogen-bond acceptors (Lipinski definition) is 11. The van der Waals surface area contributed by atoms with Crippen LogP contribution in [-0.2, 0) is 31.5 Å². The normalized spacial score (nSPS) is 21.2. The maximum atomic E-state index is 13.5. The summed E-state index contributed by atoms with van der Waals surface area (Å²) >= 11 is 0. The second kappa shape index (κ2) is 12.2. The first kappa shape index (κ1) is 29.1. The van der Waals surface area contributed by atoms with Gasteiger partial charge < -0.3 is 0 Å². The molecule has 0 aliphatic carbocycles. The number of rotatable bonds is 14. The van der Waals surface area contributed by atoms with Crippen LogP contribution in [0.1, 0.15) is 27.7 Å². The lowest BCUT2D eigenvalue weighted by molar-refractivity contribution is -0.0282. The van der Waals surface area contributed by atoms with Crippen molar-refractivity contribution in [1.29, 1.82) is 0 Å². The lowest BCUT2D eigenvalue weighted by atomic mass is 10.6. The topological polar surface area (TPSA) is 93.2 Å². The molecule has 0 N–H and O–H groups in total. The van der Waals surface area contributed by atoms with Gasteiger partial charge in [0.25, 0.3) is 0 Å². The van der Waals surface area contributed by atoms with Crippen LogP contribution in [0.5, 0.6) is 0 Å². The maximum Gasteiger partial charge on any atom is 0.486 e. The Morgan fingerprint density at radius 1 is 0.483 bits per heavy atom. The minimum absolute atomic E-state index is 0.652. The molecule has 0 amide bonds. The van der Waals surface area contributed by atoms with E-state index in [9.17, 15) is 9.13 Å². The van der Waals surface area contributed by atoms with Gasteiger partial charge in [-0.05, 0) is 84.1 Å². The van der Waals surface area contributed by atoms with Gasteiger partial charge in [-0.2, -0.15) is 4.31 Å². The number of nitrogens with zero attached hydrogens (tertiary/aromatic N) is 4. The van der Waals surface area contributed by atoms with Crippen LogP contribution in [0.3, 0.4) is 0 Å². The van der Waals surface area contributed by atoms with Crippen LogP contribution in [0.4, 0.5) is 0 Å². The fourth-order valence-electron chi connectivity index (χ4n) is 1.37. The molecule has 0 aliphatic rings. The van der Waals surface area contributed by atoms with Gasteiger partial charge in [0.1, 0.15) is 24.9 Å². The van der Waals surface area contributed by atoms with Crippen LogP contribution in [0.25, 0.3) is 0 Å². The minimum Gasteiger partial charge on any atom is -0.284 e. The first-order chi connectivity index (χ1) is 13.0. The standard InChI is InChI=1S/C16H40N4O7P2/c1-13(17(5)6)23-28(21,24-14(2)18(7)8)27-29(22,25-15(3)19(9)10)26-16(4)20(11)12/h13-16H,1-12H3. The van der Waals surface area contributed by atoms with Gasteiger partial charge in [0.05, 0.1) is 0 Å². The van der Waals surface area contributed by atoms with E-state index < -0.39 is 40.6 Å². The molecule has 176 valence electrons. The van der Waals surface area contributed by atoms with Crippen LogP contribution >= 0.6 is 15.6 Å². The molecule has 0 fully saturated rings. The van der Waals surface area contributed by atoms with Gasteiger partial charge in [-0.1, -0.05) is 0 Å². The largest absolute Gasteiger partial charge is 0.486 e. The Labute approximate surface area is 176 Å². The Bertz CT molecular complexity index is 489. The summed E-state index contributed by atoms with van der Waals surface area (Å²) < 4.78 is 54.6. The number of phosphoric acid groups is 2. The van der Waals surface area contributed by atoms with Crippen molar-refractivity contribution >= 4 is 15.6 Å². The second-order valence-electron chi connectivity index (χ2n) is 7.65. The lowest BCUT2D eigenvalue weighted by Gasteiger charge is -2.33. The summed E-state index contributed by atoms with van der Waals surface area (Å²) in [4.78, 5) is 6.66. The molecule has 0 aromatic heterocycles. The average Bonchev–Trinajstić information content (AvgIpc) is 2.52. The van der Waals surface area contributed by atoms with Crippen molar-refractivity contribution in [3.05, 3.63) is 0 Å². The Kier molecular flexibility index (Phi) is 12.3. The molecular formula is C16H40N4O7P2. The molecule has 0 rings (SSSR count). The third-order valence-corrected chi connectivity index (χ3v) is 8.09. The summed E-state index contributed by atoms with van der Waals surface area (Å²) in [6.45, 7) is 6.66. The summed E-state index contributed by atoms with van der Waals surface area (Å²) in [5.74, 6) is 0. The molecule has 0 saturated carbocycles. The summed E-state index contributed by atoms with van der Waals surface area (Å²) in [5.41, 5.74) is 0. The molecule has 0 spiro atoms. The fourth-order valence-corrected chi connectivity index (χ4v) is 5.32. The Morgan fingerprint density at radius 2 is 0.655 bits per heavy atom. The van der Waals surface area contributed by atoms with E-state index in [1.165, 1.54) is 0 Å². The first-order valence-corrected chi connectivity index (χ1v) is 12.2. The third-order valence-electron chi connectivity index (χ3n) is 4.24. The van der Waals surface area contributed by atoms with Gasteiger partial charge in [-0.3, -0.25) is 37.7 Å². The van der Waals surface area contributed by atoms with E-state index in [2.05, 4.69) is 0 Å². The smallest absolute Gasteiger partial charge is 0.284 e. The van der Waals surface area contributed by atoms with Gasteiger partial charge >= 0.3 is 15.6 Å². The summed E-state index contributed by atoms with van der Waals surface area (Å²) in [7, 11) is 5.15. The SMILES string of the molecule is CC(OP(=O)(OC(C)N(C)C)OP(=O)(OC(C)N(C)C)OC(C)N(C)C)N(C)C. The second-order valence-corrected chi connectivity index (χ2v) is 10.9. The highest BCUT2D eigenvalue weighted by Gasteiger charge is 2.45. The van der Waals surface area contributed by atoms with Gasteiger partial charge in [-0.15, -0.1) is 0 Å². The highest BCUT2D eigenvalue weighted by molar-refractivity contribution is 7.62. The van der Waals surface area contributed by atoms with Crippen molar-refractivity contribution in [2.24, 2.45) is 0 Å². The zero-order valence-electron chi connectivity index (χ0n) is 19.9. The molecular weight excluding hydrogens is 422 g/mol. The van der Waals surface area contributed by atoms with E-state index in [-0.39, 0.29) is 0 Å². The molecule has 11 nitrogen and oxygen atoms in total. The molecule has 0 radical (unpaired) electrons. The molecule has 4 unspecified atom stereocenters. The monoisotopic (exact) mass is 462 g/mol. The van der Waals surface area contributed by atoms with Crippen LogP contribution in [-0.4, -0.2) is 101 Å². The van der Waals surface area contributed by atoms with Crippen molar-refractivity contribution in [2.75, 3.05) is 56.4 Å². The zero-order valence-corrected chi connectivity index (χ0v) is 21.6. The number of hydrogen-bond donors (Lipinski definition) is 0. The van der Waals surface area contributed by atoms with Crippen molar-refractivity contribution < 1.29 is 31.5 Å². The van der Waals surface area contributed by atoms with Crippen LogP contribution in [0.15, 0.2) is 0 Å². The molecule has 0 aliphatic heterocycles. The molecule has 29 heavy (non-hydrogen) atoms. The van der Waals surface area contributed by atoms with Gasteiger partial charge in [-0.25, -0.2) is 9.13 Å². The first-order valence-electron chi connectivity index (χ1n) is 9.32. The zero-order chi connectivity index (χ0) is 23.2. The van der Waals surface area contributed by atoms with Crippen LogP contribution in [0.2, 0.25) is 0 Å². The summed E-state index contributed by atoms with van der Waals surface area (Å²) in [6.07, 6.45) is -2.61. The molecule has 4 atom stereocenters. The molecule has 0 aromatic rings. The Hall–Kier alpha value is 0.100. The lowest BCUT2D eigenvalue weighted by Crippen LogP contribution is -2.32. The molecule has 0 saturated heterocycles. The molecule has 0 heterocycles. The summed E-state index contributed by atoms with van der Waals surface area (Å²) in [6, 6.07) is 0. The van der Waals surface area contributed by atoms with Crippen molar-refractivity contribution in [1.82, 2.24) is 19.6 Å². The molecule has 0 aromatic carbocycles. The van der Waals surface area contributed by atoms with Crippen molar-refractivity contribution in [3.8, 4) is 0 Å². The number of phosphoric ester groups is 2. The molecule has 13 heteroatoms. The Balaban J connectivity index is 5.92. The quantitative estimate of drug-likeness (QED) is 0.282. The molecule has 0 bridgehead atoms. The predicted octanol–water partition coefficient (Wildman–Crippen LogP) is 2.92. The summed E-state index contributed by atoms with van der Waals surface area (Å²) in [5, 5.41) is 0. The van der Waals surface area contributed by atoms with E-state index in [1.54, 1.807) is 104 Å². The highest BCUT2D eigenvalue weighted by atomic mass is 31.3. The van der Waals surface area contributed by atoms with E-state index >= 15 is 0 Å². The van der Waals surface area contributed by atoms with Crippen LogP contribution in [0, 0.1) is 0 Å². The minimum atomic E-state index is -4.37. The predicted molar refractivity (Wildman–Crippen MR) is 113 cm³/mol. The maximum absolute atomic E-state index is 13.5.